The van der Waals surface area contributed by atoms with E-state index < -0.39 is 24.5 Å². The van der Waals surface area contributed by atoms with Crippen molar-refractivity contribution in [3.8, 4) is 6.07 Å². The molecule has 0 aliphatic heterocycles. The molecule has 1 aromatic carbocycles. The van der Waals surface area contributed by atoms with E-state index in [0.29, 0.717) is 12.1 Å². The lowest BCUT2D eigenvalue weighted by Gasteiger charge is -2.13. The number of hydrogen-bond donors (Lipinski definition) is 2. The highest BCUT2D eigenvalue weighted by Gasteiger charge is 2.17. The predicted molar refractivity (Wildman–Crippen MR) is 96.6 cm³/mol. The SMILES string of the molecule is CCCNC(=O)[C@@H](C)NC(=O)COC(=O)/C(C#N)=C/c1ccc(C)cc1. The van der Waals surface area contributed by atoms with Crippen LogP contribution in [0.1, 0.15) is 31.4 Å². The molecule has 0 fully saturated rings. The Balaban J connectivity index is 2.55. The first-order valence-corrected chi connectivity index (χ1v) is 8.30. The lowest BCUT2D eigenvalue weighted by Crippen LogP contribution is -2.46. The number of aryl methyl sites for hydroxylation is 1. The minimum absolute atomic E-state index is 0.213. The van der Waals surface area contributed by atoms with E-state index in [1.165, 1.54) is 13.0 Å². The van der Waals surface area contributed by atoms with E-state index in [-0.39, 0.29) is 11.5 Å². The summed E-state index contributed by atoms with van der Waals surface area (Å²) in [6, 6.07) is 8.26. The lowest BCUT2D eigenvalue weighted by atomic mass is 10.1. The molecule has 0 unspecified atom stereocenters. The first kappa shape index (κ1) is 20.9. The first-order valence-electron chi connectivity index (χ1n) is 8.30. The molecule has 7 heteroatoms. The molecule has 2 amide bonds. The van der Waals surface area contributed by atoms with Crippen molar-refractivity contribution in [1.82, 2.24) is 10.6 Å². The van der Waals surface area contributed by atoms with Crippen molar-refractivity contribution in [1.29, 1.82) is 5.26 Å². The molecule has 0 aliphatic rings. The molecular formula is C19H23N3O4. The highest BCUT2D eigenvalue weighted by molar-refractivity contribution is 5.99. The van der Waals surface area contributed by atoms with Crippen LogP contribution in [0.5, 0.6) is 0 Å². The molecule has 26 heavy (non-hydrogen) atoms. The normalized spacial score (nSPS) is 11.8. The van der Waals surface area contributed by atoms with Gasteiger partial charge in [-0.3, -0.25) is 9.59 Å². The summed E-state index contributed by atoms with van der Waals surface area (Å²) in [6.45, 7) is 5.32. The fourth-order valence-corrected chi connectivity index (χ4v) is 1.93. The van der Waals surface area contributed by atoms with Crippen LogP contribution in [0.25, 0.3) is 6.08 Å². The summed E-state index contributed by atoms with van der Waals surface area (Å²) in [5.74, 6) is -1.83. The Hall–Kier alpha value is -3.14. The van der Waals surface area contributed by atoms with Gasteiger partial charge in [0.15, 0.2) is 6.61 Å². The van der Waals surface area contributed by atoms with Crippen LogP contribution >= 0.6 is 0 Å². The van der Waals surface area contributed by atoms with Crippen molar-refractivity contribution in [2.75, 3.05) is 13.2 Å². The van der Waals surface area contributed by atoms with Gasteiger partial charge in [0, 0.05) is 6.54 Å². The predicted octanol–water partition coefficient (Wildman–Crippen LogP) is 1.48. The number of amides is 2. The van der Waals surface area contributed by atoms with E-state index >= 15 is 0 Å². The molecule has 0 aliphatic carbocycles. The Labute approximate surface area is 153 Å². The fourth-order valence-electron chi connectivity index (χ4n) is 1.93. The Bertz CT molecular complexity index is 717. The highest BCUT2D eigenvalue weighted by Crippen LogP contribution is 2.09. The van der Waals surface area contributed by atoms with Gasteiger partial charge in [-0.1, -0.05) is 36.8 Å². The van der Waals surface area contributed by atoms with Gasteiger partial charge in [-0.25, -0.2) is 4.79 Å². The maximum atomic E-state index is 11.9. The van der Waals surface area contributed by atoms with Gasteiger partial charge in [-0.05, 0) is 31.9 Å². The molecule has 0 heterocycles. The van der Waals surface area contributed by atoms with Crippen LogP contribution < -0.4 is 10.6 Å². The van der Waals surface area contributed by atoms with Gasteiger partial charge < -0.3 is 15.4 Å². The topological polar surface area (TPSA) is 108 Å². The summed E-state index contributed by atoms with van der Waals surface area (Å²) >= 11 is 0. The molecule has 138 valence electrons. The van der Waals surface area contributed by atoms with Gasteiger partial charge in [-0.2, -0.15) is 5.26 Å². The lowest BCUT2D eigenvalue weighted by molar-refractivity contribution is -0.144. The molecular weight excluding hydrogens is 334 g/mol. The molecule has 0 saturated heterocycles. The zero-order valence-electron chi connectivity index (χ0n) is 15.2. The number of nitrogens with one attached hydrogen (secondary N) is 2. The number of ether oxygens (including phenoxy) is 1. The molecule has 2 N–H and O–H groups in total. The third-order valence-corrected chi connectivity index (χ3v) is 3.38. The van der Waals surface area contributed by atoms with Crippen molar-refractivity contribution in [2.24, 2.45) is 0 Å². The summed E-state index contributed by atoms with van der Waals surface area (Å²) in [7, 11) is 0. The van der Waals surface area contributed by atoms with E-state index in [1.807, 2.05) is 26.0 Å². The highest BCUT2D eigenvalue weighted by atomic mass is 16.5. The van der Waals surface area contributed by atoms with E-state index in [4.69, 9.17) is 10.00 Å². The maximum absolute atomic E-state index is 11.9. The Kier molecular flexibility index (Phi) is 8.58. The van der Waals surface area contributed by atoms with E-state index in [1.54, 1.807) is 18.2 Å². The monoisotopic (exact) mass is 357 g/mol. The van der Waals surface area contributed by atoms with Crippen molar-refractivity contribution in [3.63, 3.8) is 0 Å². The Morgan fingerprint density at radius 2 is 1.92 bits per heavy atom. The third-order valence-electron chi connectivity index (χ3n) is 3.38. The van der Waals surface area contributed by atoms with Gasteiger partial charge in [0.1, 0.15) is 17.7 Å². The van der Waals surface area contributed by atoms with Crippen LogP contribution in [-0.4, -0.2) is 37.0 Å². The molecule has 0 aromatic heterocycles. The molecule has 7 nitrogen and oxygen atoms in total. The quantitative estimate of drug-likeness (QED) is 0.416. The average Bonchev–Trinajstić information content (AvgIpc) is 2.63. The number of carbonyl (C=O) groups is 3. The number of carbonyl (C=O) groups excluding carboxylic acids is 3. The first-order chi connectivity index (χ1) is 12.4. The summed E-state index contributed by atoms with van der Waals surface area (Å²) in [5, 5.41) is 14.2. The van der Waals surface area contributed by atoms with Crippen molar-refractivity contribution < 1.29 is 19.1 Å². The Morgan fingerprint density at radius 1 is 1.27 bits per heavy atom. The van der Waals surface area contributed by atoms with E-state index in [9.17, 15) is 14.4 Å². The smallest absolute Gasteiger partial charge is 0.349 e. The summed E-state index contributed by atoms with van der Waals surface area (Å²) in [6.07, 6.45) is 2.18. The second kappa shape index (κ2) is 10.7. The van der Waals surface area contributed by atoms with Gasteiger partial charge >= 0.3 is 5.97 Å². The molecule has 0 radical (unpaired) electrons. The summed E-state index contributed by atoms with van der Waals surface area (Å²) in [5.41, 5.74) is 1.52. The second-order valence-electron chi connectivity index (χ2n) is 5.74. The van der Waals surface area contributed by atoms with Gasteiger partial charge in [0.05, 0.1) is 0 Å². The minimum atomic E-state index is -0.897. The van der Waals surface area contributed by atoms with Crippen LogP contribution in [0, 0.1) is 18.3 Å². The van der Waals surface area contributed by atoms with Gasteiger partial charge in [0.2, 0.25) is 5.91 Å². The van der Waals surface area contributed by atoms with Crippen LogP contribution in [0.4, 0.5) is 0 Å². The number of hydrogen-bond acceptors (Lipinski definition) is 5. The fraction of sp³-hybridized carbons (Fsp3) is 0.368. The molecule has 1 rings (SSSR count). The second-order valence-corrected chi connectivity index (χ2v) is 5.74. The van der Waals surface area contributed by atoms with Crippen molar-refractivity contribution in [2.45, 2.75) is 33.2 Å². The summed E-state index contributed by atoms with van der Waals surface area (Å²) < 4.78 is 4.84. The zero-order valence-corrected chi connectivity index (χ0v) is 15.2. The third kappa shape index (κ3) is 7.18. The number of benzene rings is 1. The van der Waals surface area contributed by atoms with Crippen LogP contribution in [-0.2, 0) is 19.1 Å². The number of esters is 1. The number of nitrogens with zero attached hydrogens (tertiary/aromatic N) is 1. The minimum Gasteiger partial charge on any atom is -0.451 e. The van der Waals surface area contributed by atoms with Crippen LogP contribution in [0.2, 0.25) is 0 Å². The van der Waals surface area contributed by atoms with Crippen LogP contribution in [0.15, 0.2) is 29.8 Å². The van der Waals surface area contributed by atoms with E-state index in [0.717, 1.165) is 12.0 Å². The maximum Gasteiger partial charge on any atom is 0.349 e. The van der Waals surface area contributed by atoms with Gasteiger partial charge in [0.25, 0.3) is 5.91 Å². The number of rotatable bonds is 8. The largest absolute Gasteiger partial charge is 0.451 e. The van der Waals surface area contributed by atoms with Crippen LogP contribution in [0.3, 0.4) is 0 Å². The standard InChI is InChI=1S/C19H23N3O4/c1-4-9-21-18(24)14(3)22-17(23)12-26-19(25)16(11-20)10-15-7-5-13(2)6-8-15/h5-8,10,14H,4,9,12H2,1-3H3,(H,21,24)(H,22,23)/b16-10+/t14-/m1/s1. The number of nitriles is 1. The van der Waals surface area contributed by atoms with Crippen molar-refractivity contribution in [3.05, 3.63) is 41.0 Å². The van der Waals surface area contributed by atoms with Crippen molar-refractivity contribution >= 4 is 23.9 Å². The molecule has 0 spiro atoms. The zero-order chi connectivity index (χ0) is 19.5. The van der Waals surface area contributed by atoms with E-state index in [2.05, 4.69) is 10.6 Å². The molecule has 0 saturated carbocycles. The molecule has 0 bridgehead atoms. The average molecular weight is 357 g/mol. The Morgan fingerprint density at radius 3 is 2.50 bits per heavy atom. The summed E-state index contributed by atoms with van der Waals surface area (Å²) in [4.78, 5) is 35.4. The van der Waals surface area contributed by atoms with Gasteiger partial charge in [-0.15, -0.1) is 0 Å². The molecule has 1 atom stereocenters. The molecule has 1 aromatic rings.